The summed E-state index contributed by atoms with van der Waals surface area (Å²) in [5.74, 6) is 2.51. The quantitative estimate of drug-likeness (QED) is 0.748. The molecule has 2 heterocycles. The molecule has 116 valence electrons. The minimum absolute atomic E-state index is 0.248. The van der Waals surface area contributed by atoms with E-state index in [1.165, 1.54) is 0 Å². The van der Waals surface area contributed by atoms with Crippen molar-refractivity contribution in [3.63, 3.8) is 0 Å². The van der Waals surface area contributed by atoms with E-state index in [1.807, 2.05) is 18.2 Å². The molecule has 1 aromatic heterocycles. The van der Waals surface area contributed by atoms with Crippen LogP contribution in [0.4, 0.5) is 17.5 Å². The van der Waals surface area contributed by atoms with Crippen LogP contribution in [0.5, 0.6) is 11.5 Å². The molecule has 0 unspecified atom stereocenters. The Labute approximate surface area is 127 Å². The molecule has 1 aliphatic heterocycles. The number of nitrogens with zero attached hydrogens (tertiary/aromatic N) is 3. The molecule has 0 fully saturated rings. The Kier molecular flexibility index (Phi) is 4.50. The van der Waals surface area contributed by atoms with Crippen molar-refractivity contribution < 1.29 is 14.2 Å². The van der Waals surface area contributed by atoms with Crippen LogP contribution in [0.1, 0.15) is 6.42 Å². The van der Waals surface area contributed by atoms with Crippen molar-refractivity contribution in [3.05, 3.63) is 24.4 Å². The van der Waals surface area contributed by atoms with Gasteiger partial charge in [0.25, 0.3) is 0 Å². The second kappa shape index (κ2) is 6.90. The molecule has 8 heteroatoms. The van der Waals surface area contributed by atoms with Gasteiger partial charge in [-0.2, -0.15) is 10.1 Å². The second-order valence-corrected chi connectivity index (χ2v) is 4.63. The monoisotopic (exact) mass is 303 g/mol. The van der Waals surface area contributed by atoms with Crippen molar-refractivity contribution in [3.8, 4) is 11.5 Å². The van der Waals surface area contributed by atoms with Crippen molar-refractivity contribution in [2.24, 2.45) is 0 Å². The molecular formula is C14H17N5O3. The number of nitrogens with one attached hydrogen (secondary N) is 2. The van der Waals surface area contributed by atoms with E-state index in [4.69, 9.17) is 14.2 Å². The van der Waals surface area contributed by atoms with Gasteiger partial charge in [0.2, 0.25) is 12.7 Å². The molecule has 0 aliphatic carbocycles. The maximum Gasteiger partial charge on any atom is 0.249 e. The third-order valence-corrected chi connectivity index (χ3v) is 3.02. The first-order chi connectivity index (χ1) is 10.8. The lowest BCUT2D eigenvalue weighted by Crippen LogP contribution is -2.08. The summed E-state index contributed by atoms with van der Waals surface area (Å²) in [5.41, 5.74) is 0.808. The molecule has 1 aliphatic rings. The number of fused-ring (bicyclic) bond motifs is 1. The number of hydrogen-bond acceptors (Lipinski definition) is 8. The lowest BCUT2D eigenvalue weighted by molar-refractivity contribution is 0.174. The maximum absolute atomic E-state index is 5.33. The Hall–Kier alpha value is -2.61. The lowest BCUT2D eigenvalue weighted by Gasteiger charge is -2.08. The lowest BCUT2D eigenvalue weighted by atomic mass is 10.3. The molecule has 22 heavy (non-hydrogen) atoms. The molecule has 2 aromatic rings. The summed E-state index contributed by atoms with van der Waals surface area (Å²) in [4.78, 5) is 4.35. The normalized spacial score (nSPS) is 12.2. The van der Waals surface area contributed by atoms with Crippen LogP contribution >= 0.6 is 0 Å². The summed E-state index contributed by atoms with van der Waals surface area (Å²) >= 11 is 0. The number of methoxy groups -OCH3 is 1. The number of ether oxygens (including phenoxy) is 3. The summed E-state index contributed by atoms with van der Waals surface area (Å²) < 4.78 is 15.6. The zero-order valence-corrected chi connectivity index (χ0v) is 12.2. The molecule has 0 radical (unpaired) electrons. The van der Waals surface area contributed by atoms with Crippen LogP contribution in [-0.2, 0) is 4.74 Å². The van der Waals surface area contributed by atoms with E-state index >= 15 is 0 Å². The molecule has 2 N–H and O–H groups in total. The van der Waals surface area contributed by atoms with E-state index in [-0.39, 0.29) is 6.79 Å². The summed E-state index contributed by atoms with van der Waals surface area (Å²) in [5, 5.41) is 14.2. The van der Waals surface area contributed by atoms with Crippen molar-refractivity contribution in [2.75, 3.05) is 37.7 Å². The standard InChI is InChI=1S/C14H17N5O3/c1-20-6-2-5-15-13-8-16-19-14(18-13)17-10-3-4-11-12(7-10)22-9-21-11/h3-4,7-8H,2,5-6,9H2,1H3,(H2,15,17,18,19). The van der Waals surface area contributed by atoms with Gasteiger partial charge in [-0.05, 0) is 18.6 Å². The first-order valence-corrected chi connectivity index (χ1v) is 6.94. The van der Waals surface area contributed by atoms with E-state index in [1.54, 1.807) is 13.3 Å². The molecule has 0 amide bonds. The Balaban J connectivity index is 1.62. The fourth-order valence-electron chi connectivity index (χ4n) is 1.98. The van der Waals surface area contributed by atoms with Crippen LogP contribution in [0.3, 0.4) is 0 Å². The average Bonchev–Trinajstić information content (AvgIpc) is 3.00. The third-order valence-electron chi connectivity index (χ3n) is 3.02. The van der Waals surface area contributed by atoms with Gasteiger partial charge in [-0.15, -0.1) is 5.10 Å². The van der Waals surface area contributed by atoms with E-state index in [0.29, 0.717) is 24.1 Å². The molecule has 3 rings (SSSR count). The van der Waals surface area contributed by atoms with Crippen molar-refractivity contribution >= 4 is 17.5 Å². The van der Waals surface area contributed by atoms with Crippen LogP contribution in [0.2, 0.25) is 0 Å². The van der Waals surface area contributed by atoms with Gasteiger partial charge < -0.3 is 24.8 Å². The SMILES string of the molecule is COCCCNc1cnnc(Nc2ccc3c(c2)OCO3)n1. The topological polar surface area (TPSA) is 90.4 Å². The summed E-state index contributed by atoms with van der Waals surface area (Å²) in [7, 11) is 1.68. The van der Waals surface area contributed by atoms with E-state index in [0.717, 1.165) is 24.4 Å². The number of benzene rings is 1. The molecule has 0 saturated carbocycles. The summed E-state index contributed by atoms with van der Waals surface area (Å²) in [6.07, 6.45) is 2.48. The van der Waals surface area contributed by atoms with Crippen LogP contribution in [-0.4, -0.2) is 42.2 Å². The number of aromatic nitrogens is 3. The van der Waals surface area contributed by atoms with Crippen LogP contribution < -0.4 is 20.1 Å². The van der Waals surface area contributed by atoms with Gasteiger partial charge >= 0.3 is 0 Å². The fraction of sp³-hybridized carbons (Fsp3) is 0.357. The highest BCUT2D eigenvalue weighted by molar-refractivity contribution is 5.60. The van der Waals surface area contributed by atoms with Gasteiger partial charge in [0, 0.05) is 32.0 Å². The third kappa shape index (κ3) is 3.53. The Morgan fingerprint density at radius 1 is 1.27 bits per heavy atom. The van der Waals surface area contributed by atoms with Crippen LogP contribution in [0.15, 0.2) is 24.4 Å². The zero-order valence-electron chi connectivity index (χ0n) is 12.2. The summed E-state index contributed by atoms with van der Waals surface area (Å²) in [6, 6.07) is 5.55. The van der Waals surface area contributed by atoms with E-state index in [9.17, 15) is 0 Å². The van der Waals surface area contributed by atoms with Crippen molar-refractivity contribution in [1.29, 1.82) is 0 Å². The number of hydrogen-bond donors (Lipinski definition) is 2. The van der Waals surface area contributed by atoms with Crippen molar-refractivity contribution in [1.82, 2.24) is 15.2 Å². The van der Waals surface area contributed by atoms with Crippen LogP contribution in [0, 0.1) is 0 Å². The van der Waals surface area contributed by atoms with Crippen LogP contribution in [0.25, 0.3) is 0 Å². The first-order valence-electron chi connectivity index (χ1n) is 6.94. The zero-order chi connectivity index (χ0) is 15.2. The Morgan fingerprint density at radius 3 is 3.09 bits per heavy atom. The molecule has 0 spiro atoms. The van der Waals surface area contributed by atoms with E-state index < -0.39 is 0 Å². The van der Waals surface area contributed by atoms with Gasteiger partial charge in [-0.25, -0.2) is 0 Å². The van der Waals surface area contributed by atoms with Gasteiger partial charge in [0.05, 0.1) is 6.20 Å². The maximum atomic E-state index is 5.33. The molecule has 1 aromatic carbocycles. The smallest absolute Gasteiger partial charge is 0.249 e. The Bertz CT molecular complexity index is 638. The molecule has 0 atom stereocenters. The highest BCUT2D eigenvalue weighted by Crippen LogP contribution is 2.34. The van der Waals surface area contributed by atoms with Gasteiger partial charge in [0.1, 0.15) is 0 Å². The molecule has 0 bridgehead atoms. The Morgan fingerprint density at radius 2 is 2.18 bits per heavy atom. The fourth-order valence-corrected chi connectivity index (χ4v) is 1.98. The molecular weight excluding hydrogens is 286 g/mol. The first kappa shape index (κ1) is 14.3. The largest absolute Gasteiger partial charge is 0.454 e. The molecule has 8 nitrogen and oxygen atoms in total. The van der Waals surface area contributed by atoms with Gasteiger partial charge in [-0.1, -0.05) is 0 Å². The predicted molar refractivity (Wildman–Crippen MR) is 80.7 cm³/mol. The minimum Gasteiger partial charge on any atom is -0.454 e. The number of anilines is 3. The van der Waals surface area contributed by atoms with Gasteiger partial charge in [0.15, 0.2) is 17.3 Å². The number of rotatable bonds is 7. The predicted octanol–water partition coefficient (Wildman–Crippen LogP) is 1.79. The van der Waals surface area contributed by atoms with E-state index in [2.05, 4.69) is 25.8 Å². The highest BCUT2D eigenvalue weighted by Gasteiger charge is 2.13. The average molecular weight is 303 g/mol. The minimum atomic E-state index is 0.248. The second-order valence-electron chi connectivity index (χ2n) is 4.63. The van der Waals surface area contributed by atoms with Gasteiger partial charge in [-0.3, -0.25) is 0 Å². The van der Waals surface area contributed by atoms with Crippen molar-refractivity contribution in [2.45, 2.75) is 6.42 Å². The summed E-state index contributed by atoms with van der Waals surface area (Å²) in [6.45, 7) is 1.71. The highest BCUT2D eigenvalue weighted by atomic mass is 16.7. The molecule has 0 saturated heterocycles.